The molecular formula is C13H20N2O. The van der Waals surface area contributed by atoms with Crippen LogP contribution in [0, 0.1) is 0 Å². The van der Waals surface area contributed by atoms with Gasteiger partial charge < -0.3 is 10.5 Å². The molecule has 0 aromatic heterocycles. The van der Waals surface area contributed by atoms with E-state index in [-0.39, 0.29) is 0 Å². The Hall–Kier alpha value is -1.22. The second kappa shape index (κ2) is 4.74. The van der Waals surface area contributed by atoms with Crippen molar-refractivity contribution in [3.8, 4) is 5.75 Å². The summed E-state index contributed by atoms with van der Waals surface area (Å²) in [6.45, 7) is 0.916. The molecule has 1 saturated carbocycles. The fourth-order valence-corrected chi connectivity index (χ4v) is 2.15. The quantitative estimate of drug-likeness (QED) is 0.791. The fraction of sp³-hybridized carbons (Fsp3) is 0.538. The van der Waals surface area contributed by atoms with Gasteiger partial charge in [-0.05, 0) is 38.1 Å². The van der Waals surface area contributed by atoms with Crippen LogP contribution in [0.5, 0.6) is 5.75 Å². The summed E-state index contributed by atoms with van der Waals surface area (Å²) >= 11 is 0. The predicted molar refractivity (Wildman–Crippen MR) is 66.5 cm³/mol. The van der Waals surface area contributed by atoms with E-state index in [0.29, 0.717) is 0 Å². The number of nitrogen functional groups attached to an aromatic ring is 1. The highest BCUT2D eigenvalue weighted by Crippen LogP contribution is 2.28. The minimum Gasteiger partial charge on any atom is -0.496 e. The molecule has 0 unspecified atom stereocenters. The summed E-state index contributed by atoms with van der Waals surface area (Å²) in [7, 11) is 3.88. The van der Waals surface area contributed by atoms with Crippen molar-refractivity contribution >= 4 is 5.69 Å². The number of hydrogen-bond donors (Lipinski definition) is 1. The van der Waals surface area contributed by atoms with E-state index in [1.165, 1.54) is 24.8 Å². The number of anilines is 1. The van der Waals surface area contributed by atoms with Gasteiger partial charge >= 0.3 is 0 Å². The lowest BCUT2D eigenvalue weighted by molar-refractivity contribution is 0.151. The lowest BCUT2D eigenvalue weighted by atomic mass is 9.91. The molecule has 2 rings (SSSR count). The number of rotatable bonds is 4. The van der Waals surface area contributed by atoms with E-state index < -0.39 is 0 Å². The van der Waals surface area contributed by atoms with Crippen molar-refractivity contribution < 1.29 is 4.74 Å². The summed E-state index contributed by atoms with van der Waals surface area (Å²) < 4.78 is 5.35. The molecule has 0 saturated heterocycles. The molecule has 2 N–H and O–H groups in total. The van der Waals surface area contributed by atoms with E-state index in [9.17, 15) is 0 Å². The zero-order chi connectivity index (χ0) is 11.5. The van der Waals surface area contributed by atoms with Gasteiger partial charge in [0.05, 0.1) is 7.11 Å². The summed E-state index contributed by atoms with van der Waals surface area (Å²) in [5.74, 6) is 0.931. The smallest absolute Gasteiger partial charge is 0.123 e. The van der Waals surface area contributed by atoms with Crippen LogP contribution in [0.4, 0.5) is 5.69 Å². The molecule has 1 aliphatic carbocycles. The van der Waals surface area contributed by atoms with Crippen LogP contribution in [-0.4, -0.2) is 25.1 Å². The lowest BCUT2D eigenvalue weighted by Crippen LogP contribution is -2.36. The molecule has 3 nitrogen and oxygen atoms in total. The van der Waals surface area contributed by atoms with Gasteiger partial charge in [-0.3, -0.25) is 4.90 Å². The molecule has 0 aliphatic heterocycles. The number of ether oxygens (including phenoxy) is 1. The summed E-state index contributed by atoms with van der Waals surface area (Å²) in [5, 5.41) is 0. The van der Waals surface area contributed by atoms with Crippen LogP contribution in [0.25, 0.3) is 0 Å². The Morgan fingerprint density at radius 3 is 2.75 bits per heavy atom. The molecule has 1 aliphatic rings. The number of nitrogens with zero attached hydrogens (tertiary/aromatic N) is 1. The first-order chi connectivity index (χ1) is 7.70. The molecule has 1 aromatic carbocycles. The Morgan fingerprint density at radius 2 is 2.19 bits per heavy atom. The van der Waals surface area contributed by atoms with Crippen molar-refractivity contribution in [1.29, 1.82) is 0 Å². The normalized spacial score (nSPS) is 16.2. The minimum atomic E-state index is 0.742. The van der Waals surface area contributed by atoms with E-state index in [4.69, 9.17) is 10.5 Å². The SMILES string of the molecule is COc1ccc(N)cc1CN(C)C1CCC1. The molecule has 1 fully saturated rings. The number of methoxy groups -OCH3 is 1. The molecule has 3 heteroatoms. The molecule has 16 heavy (non-hydrogen) atoms. The van der Waals surface area contributed by atoms with Gasteiger partial charge in [-0.1, -0.05) is 6.42 Å². The van der Waals surface area contributed by atoms with Crippen LogP contribution < -0.4 is 10.5 Å². The molecule has 0 radical (unpaired) electrons. The molecule has 0 atom stereocenters. The van der Waals surface area contributed by atoms with E-state index >= 15 is 0 Å². The minimum absolute atomic E-state index is 0.742. The molecular weight excluding hydrogens is 200 g/mol. The number of benzene rings is 1. The highest BCUT2D eigenvalue weighted by Gasteiger charge is 2.22. The van der Waals surface area contributed by atoms with E-state index in [1.54, 1.807) is 7.11 Å². The summed E-state index contributed by atoms with van der Waals surface area (Å²) in [5.41, 5.74) is 7.79. The predicted octanol–water partition coefficient (Wildman–Crippen LogP) is 2.26. The first kappa shape index (κ1) is 11.3. The van der Waals surface area contributed by atoms with Gasteiger partial charge in [-0.25, -0.2) is 0 Å². The van der Waals surface area contributed by atoms with Crippen molar-refractivity contribution in [2.24, 2.45) is 0 Å². The van der Waals surface area contributed by atoms with Gasteiger partial charge in [0, 0.05) is 23.8 Å². The number of nitrogens with two attached hydrogens (primary N) is 1. The second-order valence-electron chi connectivity index (χ2n) is 4.57. The Bertz CT molecular complexity index is 361. The topological polar surface area (TPSA) is 38.5 Å². The third-order valence-electron chi connectivity index (χ3n) is 3.42. The van der Waals surface area contributed by atoms with Crippen LogP contribution in [0.3, 0.4) is 0 Å². The van der Waals surface area contributed by atoms with Crippen LogP contribution in [0.1, 0.15) is 24.8 Å². The largest absolute Gasteiger partial charge is 0.496 e. The molecule has 0 bridgehead atoms. The maximum atomic E-state index is 5.81. The van der Waals surface area contributed by atoms with Crippen LogP contribution in [-0.2, 0) is 6.54 Å². The summed E-state index contributed by atoms with van der Waals surface area (Å²) in [4.78, 5) is 2.39. The van der Waals surface area contributed by atoms with Crippen molar-refractivity contribution in [1.82, 2.24) is 4.90 Å². The zero-order valence-corrected chi connectivity index (χ0v) is 10.1. The van der Waals surface area contributed by atoms with E-state index in [0.717, 1.165) is 24.0 Å². The van der Waals surface area contributed by atoms with Gasteiger partial charge in [0.25, 0.3) is 0 Å². The first-order valence-electron chi connectivity index (χ1n) is 5.83. The lowest BCUT2D eigenvalue weighted by Gasteiger charge is -2.35. The van der Waals surface area contributed by atoms with Crippen LogP contribution >= 0.6 is 0 Å². The Kier molecular flexibility index (Phi) is 3.34. The maximum absolute atomic E-state index is 5.81. The van der Waals surface area contributed by atoms with Crippen molar-refractivity contribution in [2.45, 2.75) is 31.8 Å². The Balaban J connectivity index is 2.09. The third-order valence-corrected chi connectivity index (χ3v) is 3.42. The van der Waals surface area contributed by atoms with E-state index in [1.807, 2.05) is 18.2 Å². The highest BCUT2D eigenvalue weighted by molar-refractivity contribution is 5.47. The van der Waals surface area contributed by atoms with Crippen molar-refractivity contribution in [2.75, 3.05) is 19.9 Å². The highest BCUT2D eigenvalue weighted by atomic mass is 16.5. The van der Waals surface area contributed by atoms with Crippen molar-refractivity contribution in [3.63, 3.8) is 0 Å². The second-order valence-corrected chi connectivity index (χ2v) is 4.57. The zero-order valence-electron chi connectivity index (χ0n) is 10.1. The van der Waals surface area contributed by atoms with Crippen LogP contribution in [0.2, 0.25) is 0 Å². The number of hydrogen-bond acceptors (Lipinski definition) is 3. The maximum Gasteiger partial charge on any atom is 0.123 e. The average molecular weight is 220 g/mol. The van der Waals surface area contributed by atoms with Crippen LogP contribution in [0.15, 0.2) is 18.2 Å². The van der Waals surface area contributed by atoms with E-state index in [2.05, 4.69) is 11.9 Å². The molecule has 0 amide bonds. The first-order valence-corrected chi connectivity index (χ1v) is 5.83. The molecule has 0 spiro atoms. The summed E-state index contributed by atoms with van der Waals surface area (Å²) in [6.07, 6.45) is 4.01. The van der Waals surface area contributed by atoms with Gasteiger partial charge in [0.1, 0.15) is 5.75 Å². The molecule has 88 valence electrons. The molecule has 1 aromatic rings. The standard InChI is InChI=1S/C13H20N2O/c1-15(12-4-3-5-12)9-10-8-11(14)6-7-13(10)16-2/h6-8,12H,3-5,9,14H2,1-2H3. The van der Waals surface area contributed by atoms with Crippen molar-refractivity contribution in [3.05, 3.63) is 23.8 Å². The monoisotopic (exact) mass is 220 g/mol. The summed E-state index contributed by atoms with van der Waals surface area (Å²) in [6, 6.07) is 6.57. The fourth-order valence-electron chi connectivity index (χ4n) is 2.15. The Labute approximate surface area is 97.2 Å². The third kappa shape index (κ3) is 2.30. The Morgan fingerprint density at radius 1 is 1.44 bits per heavy atom. The average Bonchev–Trinajstić information content (AvgIpc) is 2.15. The van der Waals surface area contributed by atoms with Gasteiger partial charge in [0.2, 0.25) is 0 Å². The van der Waals surface area contributed by atoms with Gasteiger partial charge in [-0.2, -0.15) is 0 Å². The van der Waals surface area contributed by atoms with Gasteiger partial charge in [-0.15, -0.1) is 0 Å². The molecule has 0 heterocycles. The van der Waals surface area contributed by atoms with Gasteiger partial charge in [0.15, 0.2) is 0 Å².